The van der Waals surface area contributed by atoms with Gasteiger partial charge in [0.1, 0.15) is 5.75 Å². The van der Waals surface area contributed by atoms with Crippen LogP contribution in [0, 0.1) is 6.92 Å². The van der Waals surface area contributed by atoms with Crippen LogP contribution in [0.1, 0.15) is 48.0 Å². The number of hydrogen-bond donors (Lipinski definition) is 0. The van der Waals surface area contributed by atoms with Gasteiger partial charge in [-0.25, -0.2) is 0 Å². The predicted molar refractivity (Wildman–Crippen MR) is 97.9 cm³/mol. The molecule has 1 aromatic heterocycles. The average Bonchev–Trinajstić information content (AvgIpc) is 3.30. The van der Waals surface area contributed by atoms with E-state index in [1.807, 2.05) is 40.0 Å². The highest BCUT2D eigenvalue weighted by molar-refractivity contribution is 5.94. The van der Waals surface area contributed by atoms with Crippen LogP contribution in [-0.2, 0) is 6.54 Å². The summed E-state index contributed by atoms with van der Waals surface area (Å²) in [6.07, 6.45) is 9.44. The van der Waals surface area contributed by atoms with Gasteiger partial charge in [0.2, 0.25) is 0 Å². The van der Waals surface area contributed by atoms with E-state index in [2.05, 4.69) is 18.2 Å². The Kier molecular flexibility index (Phi) is 6.09. The van der Waals surface area contributed by atoms with Crippen molar-refractivity contribution in [3.8, 4) is 5.75 Å². The van der Waals surface area contributed by atoms with E-state index in [9.17, 15) is 4.79 Å². The Morgan fingerprint density at radius 1 is 1.12 bits per heavy atom. The standard InChI is InChI=1S/C20H27N3O2/c1-17-15-21-23(16-17)13-3-2-6-14-25-19-9-7-18(8-10-19)20(24)22-11-4-5-12-22/h7-10,15-16H,2-6,11-14H2,1H3. The van der Waals surface area contributed by atoms with Crippen molar-refractivity contribution in [3.63, 3.8) is 0 Å². The van der Waals surface area contributed by atoms with Crippen LogP contribution in [0.3, 0.4) is 0 Å². The van der Waals surface area contributed by atoms with Crippen molar-refractivity contribution in [2.45, 2.75) is 45.6 Å². The van der Waals surface area contributed by atoms with Gasteiger partial charge < -0.3 is 9.64 Å². The molecule has 3 rings (SSSR count). The van der Waals surface area contributed by atoms with Gasteiger partial charge in [0.15, 0.2) is 0 Å². The summed E-state index contributed by atoms with van der Waals surface area (Å²) < 4.78 is 7.77. The molecule has 0 saturated carbocycles. The first-order valence-corrected chi connectivity index (χ1v) is 9.23. The lowest BCUT2D eigenvalue weighted by atomic mass is 10.2. The molecule has 0 radical (unpaired) electrons. The number of benzene rings is 1. The van der Waals surface area contributed by atoms with E-state index >= 15 is 0 Å². The minimum absolute atomic E-state index is 0.137. The molecule has 2 heterocycles. The summed E-state index contributed by atoms with van der Waals surface area (Å²) in [6, 6.07) is 7.54. The lowest BCUT2D eigenvalue weighted by Gasteiger charge is -2.15. The summed E-state index contributed by atoms with van der Waals surface area (Å²) in [4.78, 5) is 14.2. The normalized spacial score (nSPS) is 14.0. The lowest BCUT2D eigenvalue weighted by molar-refractivity contribution is 0.0793. The molecule has 0 spiro atoms. The smallest absolute Gasteiger partial charge is 0.253 e. The zero-order valence-corrected chi connectivity index (χ0v) is 15.0. The topological polar surface area (TPSA) is 47.4 Å². The van der Waals surface area contributed by atoms with Gasteiger partial charge in [-0.3, -0.25) is 9.48 Å². The van der Waals surface area contributed by atoms with Gasteiger partial charge in [-0.2, -0.15) is 5.10 Å². The number of aryl methyl sites for hydroxylation is 2. The number of aromatic nitrogens is 2. The maximum atomic E-state index is 12.3. The molecule has 1 saturated heterocycles. The number of amides is 1. The Labute approximate surface area is 149 Å². The van der Waals surface area contributed by atoms with Crippen molar-refractivity contribution in [2.75, 3.05) is 19.7 Å². The highest BCUT2D eigenvalue weighted by Gasteiger charge is 2.19. The molecule has 0 atom stereocenters. The quantitative estimate of drug-likeness (QED) is 0.688. The van der Waals surface area contributed by atoms with Crippen LogP contribution in [-0.4, -0.2) is 40.3 Å². The zero-order chi connectivity index (χ0) is 17.5. The fourth-order valence-electron chi connectivity index (χ4n) is 3.13. The Balaban J connectivity index is 1.33. The molecule has 5 nitrogen and oxygen atoms in total. The number of ether oxygens (including phenoxy) is 1. The number of carbonyl (C=O) groups excluding carboxylic acids is 1. The molecule has 2 aromatic rings. The Bertz CT molecular complexity index is 673. The fraction of sp³-hybridized carbons (Fsp3) is 0.500. The van der Waals surface area contributed by atoms with Crippen molar-refractivity contribution in [3.05, 3.63) is 47.8 Å². The van der Waals surface area contributed by atoms with E-state index in [1.165, 1.54) is 5.56 Å². The fourth-order valence-corrected chi connectivity index (χ4v) is 3.13. The van der Waals surface area contributed by atoms with Crippen molar-refractivity contribution < 1.29 is 9.53 Å². The maximum absolute atomic E-state index is 12.3. The number of carbonyl (C=O) groups is 1. The summed E-state index contributed by atoms with van der Waals surface area (Å²) in [7, 11) is 0. The van der Waals surface area contributed by atoms with Crippen molar-refractivity contribution >= 4 is 5.91 Å². The van der Waals surface area contributed by atoms with E-state index in [4.69, 9.17) is 4.74 Å². The van der Waals surface area contributed by atoms with Crippen LogP contribution in [0.15, 0.2) is 36.7 Å². The second-order valence-corrected chi connectivity index (χ2v) is 6.71. The third-order valence-corrected chi connectivity index (χ3v) is 4.56. The number of nitrogens with zero attached hydrogens (tertiary/aromatic N) is 3. The monoisotopic (exact) mass is 341 g/mol. The molecule has 1 aliphatic rings. The van der Waals surface area contributed by atoms with Crippen LogP contribution in [0.2, 0.25) is 0 Å². The Morgan fingerprint density at radius 3 is 2.56 bits per heavy atom. The molecule has 1 fully saturated rings. The van der Waals surface area contributed by atoms with Gasteiger partial charge in [0.25, 0.3) is 5.91 Å². The number of hydrogen-bond acceptors (Lipinski definition) is 3. The first kappa shape index (κ1) is 17.5. The van der Waals surface area contributed by atoms with Gasteiger partial charge in [0.05, 0.1) is 12.8 Å². The van der Waals surface area contributed by atoms with Crippen LogP contribution in [0.4, 0.5) is 0 Å². The van der Waals surface area contributed by atoms with Crippen LogP contribution in [0.25, 0.3) is 0 Å². The van der Waals surface area contributed by atoms with Gasteiger partial charge in [0, 0.05) is 31.4 Å². The molecular formula is C20H27N3O2. The highest BCUT2D eigenvalue weighted by atomic mass is 16.5. The molecule has 0 unspecified atom stereocenters. The van der Waals surface area contributed by atoms with E-state index in [0.29, 0.717) is 6.61 Å². The molecule has 25 heavy (non-hydrogen) atoms. The summed E-state index contributed by atoms with van der Waals surface area (Å²) in [5.74, 6) is 0.971. The first-order chi connectivity index (χ1) is 12.2. The van der Waals surface area contributed by atoms with Gasteiger partial charge in [-0.05, 0) is 68.9 Å². The second-order valence-electron chi connectivity index (χ2n) is 6.71. The molecule has 1 aliphatic heterocycles. The minimum Gasteiger partial charge on any atom is -0.494 e. The van der Waals surface area contributed by atoms with E-state index in [0.717, 1.165) is 63.1 Å². The highest BCUT2D eigenvalue weighted by Crippen LogP contribution is 2.17. The van der Waals surface area contributed by atoms with E-state index < -0.39 is 0 Å². The van der Waals surface area contributed by atoms with Crippen molar-refractivity contribution in [1.29, 1.82) is 0 Å². The molecule has 0 bridgehead atoms. The SMILES string of the molecule is Cc1cnn(CCCCCOc2ccc(C(=O)N3CCCC3)cc2)c1. The van der Waals surface area contributed by atoms with Crippen molar-refractivity contribution in [1.82, 2.24) is 14.7 Å². The van der Waals surface area contributed by atoms with Gasteiger partial charge in [-0.1, -0.05) is 0 Å². The molecule has 134 valence electrons. The minimum atomic E-state index is 0.137. The summed E-state index contributed by atoms with van der Waals surface area (Å²) in [5.41, 5.74) is 1.96. The van der Waals surface area contributed by atoms with Crippen LogP contribution >= 0.6 is 0 Å². The maximum Gasteiger partial charge on any atom is 0.253 e. The molecular weight excluding hydrogens is 314 g/mol. The number of rotatable bonds is 8. The van der Waals surface area contributed by atoms with E-state index in [-0.39, 0.29) is 5.91 Å². The Hall–Kier alpha value is -2.30. The summed E-state index contributed by atoms with van der Waals surface area (Å²) in [5, 5.41) is 4.29. The Morgan fingerprint density at radius 2 is 1.88 bits per heavy atom. The summed E-state index contributed by atoms with van der Waals surface area (Å²) >= 11 is 0. The first-order valence-electron chi connectivity index (χ1n) is 9.23. The largest absolute Gasteiger partial charge is 0.494 e. The second kappa shape index (κ2) is 8.70. The lowest BCUT2D eigenvalue weighted by Crippen LogP contribution is -2.27. The molecule has 1 aromatic carbocycles. The van der Waals surface area contributed by atoms with Crippen LogP contribution in [0.5, 0.6) is 5.75 Å². The molecule has 5 heteroatoms. The number of likely N-dealkylation sites (tertiary alicyclic amines) is 1. The van der Waals surface area contributed by atoms with Crippen molar-refractivity contribution in [2.24, 2.45) is 0 Å². The van der Waals surface area contributed by atoms with Gasteiger partial charge >= 0.3 is 0 Å². The third kappa shape index (κ3) is 5.08. The molecule has 0 N–H and O–H groups in total. The molecule has 1 amide bonds. The predicted octanol–water partition coefficient (Wildman–Crippen LogP) is 3.68. The third-order valence-electron chi connectivity index (χ3n) is 4.56. The summed E-state index contributed by atoms with van der Waals surface area (Å²) in [6.45, 7) is 5.49. The zero-order valence-electron chi connectivity index (χ0n) is 15.0. The average molecular weight is 341 g/mol. The number of unbranched alkanes of at least 4 members (excludes halogenated alkanes) is 2. The molecule has 0 aliphatic carbocycles. The van der Waals surface area contributed by atoms with E-state index in [1.54, 1.807) is 0 Å². The van der Waals surface area contributed by atoms with Crippen LogP contribution < -0.4 is 4.74 Å². The van der Waals surface area contributed by atoms with Gasteiger partial charge in [-0.15, -0.1) is 0 Å².